The summed E-state index contributed by atoms with van der Waals surface area (Å²) in [7, 11) is 1.44. The van der Waals surface area contributed by atoms with E-state index < -0.39 is 12.0 Å². The highest BCUT2D eigenvalue weighted by Gasteiger charge is 2.36. The number of hydrogen-bond donors (Lipinski definition) is 1. The van der Waals surface area contributed by atoms with Crippen LogP contribution in [0.15, 0.2) is 18.3 Å². The third kappa shape index (κ3) is 3.15. The lowest BCUT2D eigenvalue weighted by molar-refractivity contribution is -0.144. The molecule has 2 rings (SSSR count). The van der Waals surface area contributed by atoms with E-state index in [-0.39, 0.29) is 11.8 Å². The maximum Gasteiger partial charge on any atom is 0.326 e. The molecule has 0 aliphatic carbocycles. The number of methoxy groups -OCH3 is 1. The average molecular weight is 292 g/mol. The second-order valence-electron chi connectivity index (χ2n) is 5.21. The van der Waals surface area contributed by atoms with Crippen LogP contribution in [0.4, 0.5) is 0 Å². The maximum atomic E-state index is 12.6. The molecule has 0 aromatic carbocycles. The van der Waals surface area contributed by atoms with Crippen LogP contribution in [0, 0.1) is 5.92 Å². The van der Waals surface area contributed by atoms with Gasteiger partial charge >= 0.3 is 5.97 Å². The Balaban J connectivity index is 2.26. The second-order valence-corrected chi connectivity index (χ2v) is 5.21. The molecule has 6 nitrogen and oxygen atoms in total. The molecule has 0 bridgehead atoms. The Morgan fingerprint density at radius 2 is 2.29 bits per heavy atom. The Labute approximate surface area is 123 Å². The zero-order valence-corrected chi connectivity index (χ0v) is 12.3. The number of pyridine rings is 1. The molecule has 1 aliphatic heterocycles. The maximum absolute atomic E-state index is 12.6. The van der Waals surface area contributed by atoms with Gasteiger partial charge in [-0.1, -0.05) is 13.3 Å². The number of ether oxygens (including phenoxy) is 1. The van der Waals surface area contributed by atoms with Crippen molar-refractivity contribution in [3.05, 3.63) is 23.9 Å². The van der Waals surface area contributed by atoms with Crippen LogP contribution >= 0.6 is 0 Å². The number of carbonyl (C=O) groups is 2. The van der Waals surface area contributed by atoms with Crippen LogP contribution in [0.1, 0.15) is 36.5 Å². The molecule has 1 fully saturated rings. The third-order valence-corrected chi connectivity index (χ3v) is 4.03. The summed E-state index contributed by atoms with van der Waals surface area (Å²) >= 11 is 0. The molecule has 1 N–H and O–H groups in total. The van der Waals surface area contributed by atoms with Gasteiger partial charge in [0.2, 0.25) is 5.88 Å². The van der Waals surface area contributed by atoms with Gasteiger partial charge < -0.3 is 14.7 Å². The molecule has 1 aromatic rings. The lowest BCUT2D eigenvalue weighted by Gasteiger charge is -2.37. The van der Waals surface area contributed by atoms with Crippen LogP contribution in [0.25, 0.3) is 0 Å². The number of piperidine rings is 1. The lowest BCUT2D eigenvalue weighted by Crippen LogP contribution is -2.50. The molecule has 114 valence electrons. The summed E-state index contributed by atoms with van der Waals surface area (Å²) < 4.78 is 5.09. The van der Waals surface area contributed by atoms with E-state index in [1.807, 2.05) is 6.92 Å². The Morgan fingerprint density at radius 1 is 1.52 bits per heavy atom. The zero-order valence-electron chi connectivity index (χ0n) is 12.3. The smallest absolute Gasteiger partial charge is 0.326 e. The van der Waals surface area contributed by atoms with Crippen LogP contribution in [0.5, 0.6) is 5.88 Å². The summed E-state index contributed by atoms with van der Waals surface area (Å²) in [4.78, 5) is 29.5. The van der Waals surface area contributed by atoms with E-state index in [9.17, 15) is 14.7 Å². The van der Waals surface area contributed by atoms with Crippen molar-refractivity contribution in [2.24, 2.45) is 5.92 Å². The SMILES string of the molecule is CCC1CCN(C(=O)c2cccnc2OC)C(C(=O)O)C1. The third-order valence-electron chi connectivity index (χ3n) is 4.03. The standard InChI is InChI=1S/C15H20N2O4/c1-3-10-6-8-17(12(9-10)15(19)20)14(18)11-5-4-7-16-13(11)21-2/h4-5,7,10,12H,3,6,8-9H2,1-2H3,(H,19,20). The molecule has 0 saturated carbocycles. The van der Waals surface area contributed by atoms with E-state index in [2.05, 4.69) is 4.98 Å². The van der Waals surface area contributed by atoms with Crippen LogP contribution in [0.2, 0.25) is 0 Å². The Hall–Kier alpha value is -2.11. The van der Waals surface area contributed by atoms with Gasteiger partial charge in [-0.05, 0) is 30.9 Å². The topological polar surface area (TPSA) is 79.7 Å². The molecular formula is C15H20N2O4. The van der Waals surface area contributed by atoms with Crippen molar-refractivity contribution in [1.29, 1.82) is 0 Å². The zero-order chi connectivity index (χ0) is 15.4. The van der Waals surface area contributed by atoms with Crippen molar-refractivity contribution < 1.29 is 19.4 Å². The molecule has 2 atom stereocenters. The van der Waals surface area contributed by atoms with Gasteiger partial charge in [-0.2, -0.15) is 0 Å². The summed E-state index contributed by atoms with van der Waals surface area (Å²) in [5.74, 6) is -0.707. The number of amides is 1. The minimum atomic E-state index is -0.954. The highest BCUT2D eigenvalue weighted by Crippen LogP contribution is 2.28. The fraction of sp³-hybridized carbons (Fsp3) is 0.533. The first-order chi connectivity index (χ1) is 10.1. The summed E-state index contributed by atoms with van der Waals surface area (Å²) in [5.41, 5.74) is 0.307. The van der Waals surface area contributed by atoms with E-state index in [1.165, 1.54) is 18.2 Å². The van der Waals surface area contributed by atoms with E-state index in [0.29, 0.717) is 24.4 Å². The number of likely N-dealkylation sites (tertiary alicyclic amines) is 1. The highest BCUT2D eigenvalue weighted by atomic mass is 16.5. The number of aromatic nitrogens is 1. The van der Waals surface area contributed by atoms with Crippen molar-refractivity contribution in [1.82, 2.24) is 9.88 Å². The molecule has 21 heavy (non-hydrogen) atoms. The van der Waals surface area contributed by atoms with Crippen molar-refractivity contribution in [3.63, 3.8) is 0 Å². The molecule has 1 aliphatic rings. The van der Waals surface area contributed by atoms with E-state index in [0.717, 1.165) is 12.8 Å². The van der Waals surface area contributed by atoms with Gasteiger partial charge in [-0.15, -0.1) is 0 Å². The first kappa shape index (κ1) is 15.3. The predicted octanol–water partition coefficient (Wildman–Crippen LogP) is 1.81. The van der Waals surface area contributed by atoms with Crippen LogP contribution in [-0.4, -0.2) is 46.6 Å². The van der Waals surface area contributed by atoms with Gasteiger partial charge in [-0.25, -0.2) is 9.78 Å². The normalized spacial score (nSPS) is 21.9. The van der Waals surface area contributed by atoms with Gasteiger partial charge in [-0.3, -0.25) is 4.79 Å². The number of aliphatic carboxylic acids is 1. The summed E-state index contributed by atoms with van der Waals surface area (Å²) in [5, 5.41) is 9.40. The van der Waals surface area contributed by atoms with Crippen LogP contribution in [-0.2, 0) is 4.79 Å². The first-order valence-electron chi connectivity index (χ1n) is 7.11. The number of carboxylic acid groups (broad SMARTS) is 1. The van der Waals surface area contributed by atoms with E-state index in [1.54, 1.807) is 12.1 Å². The number of carbonyl (C=O) groups excluding carboxylic acids is 1. The average Bonchev–Trinajstić information content (AvgIpc) is 2.53. The molecule has 0 radical (unpaired) electrons. The Bertz CT molecular complexity index is 532. The van der Waals surface area contributed by atoms with Crippen LogP contribution in [0.3, 0.4) is 0 Å². The van der Waals surface area contributed by atoms with Crippen molar-refractivity contribution in [2.45, 2.75) is 32.2 Å². The van der Waals surface area contributed by atoms with Crippen LogP contribution < -0.4 is 4.74 Å². The summed E-state index contributed by atoms with van der Waals surface area (Å²) in [6.45, 7) is 2.50. The van der Waals surface area contributed by atoms with Gasteiger partial charge in [0, 0.05) is 12.7 Å². The Morgan fingerprint density at radius 3 is 2.90 bits per heavy atom. The fourth-order valence-corrected chi connectivity index (χ4v) is 2.76. The first-order valence-corrected chi connectivity index (χ1v) is 7.11. The highest BCUT2D eigenvalue weighted by molar-refractivity contribution is 5.98. The second kappa shape index (κ2) is 6.56. The number of hydrogen-bond acceptors (Lipinski definition) is 4. The molecule has 2 heterocycles. The molecule has 1 aromatic heterocycles. The van der Waals surface area contributed by atoms with Crippen molar-refractivity contribution >= 4 is 11.9 Å². The minimum Gasteiger partial charge on any atom is -0.480 e. The van der Waals surface area contributed by atoms with Gasteiger partial charge in [0.1, 0.15) is 11.6 Å². The molecule has 6 heteroatoms. The largest absolute Gasteiger partial charge is 0.480 e. The van der Waals surface area contributed by atoms with Crippen molar-refractivity contribution in [2.75, 3.05) is 13.7 Å². The molecular weight excluding hydrogens is 272 g/mol. The summed E-state index contributed by atoms with van der Waals surface area (Å²) in [6.07, 6.45) is 3.80. The molecule has 2 unspecified atom stereocenters. The molecule has 1 saturated heterocycles. The van der Waals surface area contributed by atoms with E-state index in [4.69, 9.17) is 4.74 Å². The molecule has 0 spiro atoms. The van der Waals surface area contributed by atoms with Gasteiger partial charge in [0.05, 0.1) is 7.11 Å². The van der Waals surface area contributed by atoms with Crippen molar-refractivity contribution in [3.8, 4) is 5.88 Å². The number of carboxylic acids is 1. The quantitative estimate of drug-likeness (QED) is 0.915. The Kier molecular flexibility index (Phi) is 4.77. The number of rotatable bonds is 4. The monoisotopic (exact) mass is 292 g/mol. The molecule has 1 amide bonds. The van der Waals surface area contributed by atoms with E-state index >= 15 is 0 Å². The lowest BCUT2D eigenvalue weighted by atomic mass is 9.88. The minimum absolute atomic E-state index is 0.226. The fourth-order valence-electron chi connectivity index (χ4n) is 2.76. The van der Waals surface area contributed by atoms with Gasteiger partial charge in [0.15, 0.2) is 0 Å². The predicted molar refractivity (Wildman–Crippen MR) is 76.3 cm³/mol. The summed E-state index contributed by atoms with van der Waals surface area (Å²) in [6, 6.07) is 2.48. The number of nitrogens with zero attached hydrogens (tertiary/aromatic N) is 2. The van der Waals surface area contributed by atoms with Gasteiger partial charge in [0.25, 0.3) is 5.91 Å².